The maximum atomic E-state index is 11.0. The van der Waals surface area contributed by atoms with Gasteiger partial charge in [-0.1, -0.05) is 27.7 Å². The van der Waals surface area contributed by atoms with Gasteiger partial charge in [-0.05, 0) is 13.8 Å². The van der Waals surface area contributed by atoms with Gasteiger partial charge in [0.1, 0.15) is 5.78 Å². The first-order valence-corrected chi connectivity index (χ1v) is 6.12. The predicted octanol–water partition coefficient (Wildman–Crippen LogP) is 1.45. The lowest BCUT2D eigenvalue weighted by molar-refractivity contribution is -0.128. The number of Topliss-reactive ketones (excluding diaryl/α,β-unsaturated/α-hetero) is 1. The van der Waals surface area contributed by atoms with Crippen LogP contribution in [0.5, 0.6) is 0 Å². The van der Waals surface area contributed by atoms with Crippen molar-refractivity contribution in [1.29, 1.82) is 0 Å². The molecule has 1 aliphatic rings. The largest absolute Gasteiger partial charge is 0.354 e. The normalized spacial score (nSPS) is 17.0. The molecule has 1 rings (SSSR count). The molecule has 0 radical (unpaired) electrons. The van der Waals surface area contributed by atoms with Crippen LogP contribution in [0.3, 0.4) is 0 Å². The molecule has 16 heavy (non-hydrogen) atoms. The third-order valence-corrected chi connectivity index (χ3v) is 2.20. The molecule has 4 nitrogen and oxygen atoms in total. The van der Waals surface area contributed by atoms with Gasteiger partial charge in [0.15, 0.2) is 0 Å². The van der Waals surface area contributed by atoms with Crippen LogP contribution in [-0.2, 0) is 9.59 Å². The van der Waals surface area contributed by atoms with Crippen LogP contribution in [0.1, 0.15) is 41.5 Å². The summed E-state index contributed by atoms with van der Waals surface area (Å²) >= 11 is 0. The van der Waals surface area contributed by atoms with Crippen LogP contribution in [0.15, 0.2) is 0 Å². The molecule has 1 atom stereocenters. The number of piperazine rings is 1. The molecule has 0 bridgehead atoms. The molecule has 1 heterocycles. The summed E-state index contributed by atoms with van der Waals surface area (Å²) < 4.78 is 0. The van der Waals surface area contributed by atoms with Gasteiger partial charge >= 0.3 is 0 Å². The highest BCUT2D eigenvalue weighted by Gasteiger charge is 2.23. The fourth-order valence-electron chi connectivity index (χ4n) is 1.25. The van der Waals surface area contributed by atoms with Gasteiger partial charge in [0.2, 0.25) is 5.91 Å². The second-order valence-corrected chi connectivity index (χ2v) is 3.11. The number of nitrogens with one attached hydrogen (secondary N) is 1. The van der Waals surface area contributed by atoms with Crippen LogP contribution in [0.2, 0.25) is 0 Å². The fourth-order valence-corrected chi connectivity index (χ4v) is 1.25. The van der Waals surface area contributed by atoms with Gasteiger partial charge in [-0.3, -0.25) is 14.5 Å². The average Bonchev–Trinajstić information content (AvgIpc) is 2.33. The number of rotatable bonds is 2. The molecule has 1 aliphatic heterocycles. The number of hydrogen-bond acceptors (Lipinski definition) is 3. The van der Waals surface area contributed by atoms with Gasteiger partial charge in [-0.2, -0.15) is 0 Å². The average molecular weight is 230 g/mol. The quantitative estimate of drug-likeness (QED) is 0.781. The summed E-state index contributed by atoms with van der Waals surface area (Å²) in [6.45, 7) is 13.2. The Morgan fingerprint density at radius 2 is 1.81 bits per heavy atom. The van der Waals surface area contributed by atoms with Gasteiger partial charge in [0.25, 0.3) is 0 Å². The summed E-state index contributed by atoms with van der Waals surface area (Å²) in [4.78, 5) is 23.8. The Hall–Kier alpha value is -0.900. The molecule has 96 valence electrons. The maximum absolute atomic E-state index is 11.0. The number of nitrogens with zero attached hydrogens (tertiary/aromatic N) is 1. The van der Waals surface area contributed by atoms with E-state index in [4.69, 9.17) is 0 Å². The molecule has 1 saturated heterocycles. The van der Waals surface area contributed by atoms with Crippen LogP contribution >= 0.6 is 0 Å². The molecule has 1 amide bonds. The zero-order valence-electron chi connectivity index (χ0n) is 11.5. The number of amides is 1. The van der Waals surface area contributed by atoms with Crippen LogP contribution < -0.4 is 5.32 Å². The Kier molecular flexibility index (Phi) is 11.6. The summed E-state index contributed by atoms with van der Waals surface area (Å²) in [6, 6.07) is -0.129. The summed E-state index contributed by atoms with van der Waals surface area (Å²) in [5, 5.41) is 2.71. The van der Waals surface area contributed by atoms with Crippen molar-refractivity contribution in [1.82, 2.24) is 10.2 Å². The van der Waals surface area contributed by atoms with E-state index in [1.807, 2.05) is 39.5 Å². The highest BCUT2D eigenvalue weighted by molar-refractivity contribution is 5.83. The van der Waals surface area contributed by atoms with E-state index in [9.17, 15) is 9.59 Å². The zero-order chi connectivity index (χ0) is 13.1. The van der Waals surface area contributed by atoms with Crippen molar-refractivity contribution in [3.05, 3.63) is 0 Å². The highest BCUT2D eigenvalue weighted by atomic mass is 16.2. The van der Waals surface area contributed by atoms with Gasteiger partial charge < -0.3 is 5.32 Å². The molecule has 1 unspecified atom stereocenters. The van der Waals surface area contributed by atoms with Crippen molar-refractivity contribution in [3.63, 3.8) is 0 Å². The third kappa shape index (κ3) is 6.56. The summed E-state index contributed by atoms with van der Waals surface area (Å²) in [5.41, 5.74) is 0. The molecule has 0 saturated carbocycles. The minimum atomic E-state index is -0.129. The summed E-state index contributed by atoms with van der Waals surface area (Å²) in [6.07, 6.45) is 0. The van der Waals surface area contributed by atoms with E-state index in [1.54, 1.807) is 6.92 Å². The Morgan fingerprint density at radius 3 is 2.19 bits per heavy atom. The lowest BCUT2D eigenvalue weighted by Crippen LogP contribution is -2.52. The van der Waals surface area contributed by atoms with E-state index in [-0.39, 0.29) is 17.7 Å². The smallest absolute Gasteiger partial charge is 0.234 e. The van der Waals surface area contributed by atoms with Crippen molar-refractivity contribution >= 4 is 11.7 Å². The predicted molar refractivity (Wildman–Crippen MR) is 67.4 cm³/mol. The minimum absolute atomic E-state index is 0.00866. The Balaban J connectivity index is 0. The molecule has 0 spiro atoms. The molecular formula is C12H26N2O2. The Labute approximate surface area is 99.4 Å². The number of carbonyl (C=O) groups excluding carboxylic acids is 2. The molecular weight excluding hydrogens is 204 g/mol. The minimum Gasteiger partial charge on any atom is -0.354 e. The van der Waals surface area contributed by atoms with E-state index in [0.717, 1.165) is 6.54 Å². The zero-order valence-corrected chi connectivity index (χ0v) is 11.5. The molecule has 4 heteroatoms. The van der Waals surface area contributed by atoms with E-state index in [0.29, 0.717) is 13.1 Å². The van der Waals surface area contributed by atoms with Gasteiger partial charge in [0.05, 0.1) is 12.6 Å². The summed E-state index contributed by atoms with van der Waals surface area (Å²) in [5.74, 6) is 0.124. The monoisotopic (exact) mass is 230 g/mol. The standard InChI is InChI=1S/C8H14N2O2.2C2H6/c1-6(7(2)11)10-4-3-9-8(12)5-10;2*1-2/h6H,3-5H2,1-2H3,(H,9,12);2*1-2H3. The molecule has 0 aromatic rings. The van der Waals surface area contributed by atoms with Crippen molar-refractivity contribution in [2.45, 2.75) is 47.6 Å². The lowest BCUT2D eigenvalue weighted by Gasteiger charge is -2.30. The molecule has 1 N–H and O–H groups in total. The van der Waals surface area contributed by atoms with Crippen LogP contribution in [0.4, 0.5) is 0 Å². The SMILES string of the molecule is CC.CC.CC(=O)C(C)N1CCNC(=O)C1. The van der Waals surface area contributed by atoms with E-state index in [1.165, 1.54) is 0 Å². The molecule has 0 aromatic heterocycles. The van der Waals surface area contributed by atoms with Gasteiger partial charge in [-0.15, -0.1) is 0 Å². The number of carbonyl (C=O) groups is 2. The first kappa shape index (κ1) is 17.5. The number of ketones is 1. The lowest BCUT2D eigenvalue weighted by atomic mass is 10.2. The van der Waals surface area contributed by atoms with Gasteiger partial charge in [-0.25, -0.2) is 0 Å². The molecule has 0 aliphatic carbocycles. The molecule has 0 aromatic carbocycles. The highest BCUT2D eigenvalue weighted by Crippen LogP contribution is 2.01. The van der Waals surface area contributed by atoms with Crippen molar-refractivity contribution in [2.24, 2.45) is 0 Å². The van der Waals surface area contributed by atoms with Crippen molar-refractivity contribution in [3.8, 4) is 0 Å². The first-order valence-electron chi connectivity index (χ1n) is 6.12. The maximum Gasteiger partial charge on any atom is 0.234 e. The second kappa shape index (κ2) is 10.6. The van der Waals surface area contributed by atoms with Crippen molar-refractivity contribution < 1.29 is 9.59 Å². The first-order chi connectivity index (χ1) is 7.61. The molecule has 1 fully saturated rings. The van der Waals surface area contributed by atoms with Crippen molar-refractivity contribution in [2.75, 3.05) is 19.6 Å². The number of hydrogen-bond donors (Lipinski definition) is 1. The van der Waals surface area contributed by atoms with E-state index < -0.39 is 0 Å². The second-order valence-electron chi connectivity index (χ2n) is 3.11. The van der Waals surface area contributed by atoms with Crippen LogP contribution in [-0.4, -0.2) is 42.3 Å². The summed E-state index contributed by atoms with van der Waals surface area (Å²) in [7, 11) is 0. The van der Waals surface area contributed by atoms with Crippen LogP contribution in [0, 0.1) is 0 Å². The fraction of sp³-hybridized carbons (Fsp3) is 0.833. The Morgan fingerprint density at radius 1 is 1.31 bits per heavy atom. The van der Waals surface area contributed by atoms with E-state index in [2.05, 4.69) is 5.32 Å². The Bertz CT molecular complexity index is 203. The topological polar surface area (TPSA) is 49.4 Å². The van der Waals surface area contributed by atoms with E-state index >= 15 is 0 Å². The third-order valence-electron chi connectivity index (χ3n) is 2.20. The van der Waals surface area contributed by atoms with Crippen LogP contribution in [0.25, 0.3) is 0 Å². The van der Waals surface area contributed by atoms with Gasteiger partial charge in [0, 0.05) is 13.1 Å².